The van der Waals surface area contributed by atoms with Gasteiger partial charge in [0.15, 0.2) is 0 Å². The number of nitriles is 1. The van der Waals surface area contributed by atoms with Gasteiger partial charge in [-0.3, -0.25) is 9.58 Å². The minimum absolute atomic E-state index is 0.0687. The fourth-order valence-corrected chi connectivity index (χ4v) is 3.97. The molecule has 0 aromatic carbocycles. The summed E-state index contributed by atoms with van der Waals surface area (Å²) in [4.78, 5) is 20.4. The molecule has 2 saturated heterocycles. The Hall–Kier alpha value is -3.08. The minimum atomic E-state index is -0.0687. The molecule has 2 amide bonds. The predicted molar refractivity (Wildman–Crippen MR) is 95.2 cm³/mol. The van der Waals surface area contributed by atoms with Crippen LogP contribution in [0.5, 0.6) is 0 Å². The molecule has 2 fully saturated rings. The summed E-state index contributed by atoms with van der Waals surface area (Å²) in [5.74, 6) is 0.802. The van der Waals surface area contributed by atoms with Crippen LogP contribution in [0.15, 0.2) is 18.5 Å². The zero-order valence-electron chi connectivity index (χ0n) is 14.4. The number of carbonyl (C=O) groups is 1. The molecule has 3 aliphatic rings. The van der Waals surface area contributed by atoms with E-state index in [-0.39, 0.29) is 12.1 Å². The molecule has 0 saturated carbocycles. The molecular weight excluding hydrogens is 330 g/mol. The Morgan fingerprint density at radius 2 is 2.19 bits per heavy atom. The van der Waals surface area contributed by atoms with E-state index in [4.69, 9.17) is 4.98 Å². The molecular formula is C18H19N7O. The van der Waals surface area contributed by atoms with E-state index in [1.165, 1.54) is 5.56 Å². The van der Waals surface area contributed by atoms with Crippen LogP contribution in [0.2, 0.25) is 0 Å². The summed E-state index contributed by atoms with van der Waals surface area (Å²) < 4.78 is 1.91. The van der Waals surface area contributed by atoms with Gasteiger partial charge < -0.3 is 10.2 Å². The Kier molecular flexibility index (Phi) is 3.35. The summed E-state index contributed by atoms with van der Waals surface area (Å²) >= 11 is 0. The lowest BCUT2D eigenvalue weighted by Gasteiger charge is -2.40. The molecule has 8 heteroatoms. The molecule has 132 valence electrons. The van der Waals surface area contributed by atoms with Crippen molar-refractivity contribution in [3.63, 3.8) is 0 Å². The summed E-state index contributed by atoms with van der Waals surface area (Å²) in [6.07, 6.45) is 6.82. The number of nitrogens with one attached hydrogen (secondary N) is 1. The second-order valence-electron chi connectivity index (χ2n) is 7.05. The first kappa shape index (κ1) is 15.2. The fourth-order valence-electron chi connectivity index (χ4n) is 3.97. The second-order valence-corrected chi connectivity index (χ2v) is 7.05. The quantitative estimate of drug-likeness (QED) is 0.900. The van der Waals surface area contributed by atoms with E-state index in [9.17, 15) is 10.1 Å². The molecule has 2 aromatic heterocycles. The highest BCUT2D eigenvalue weighted by Gasteiger charge is 2.33. The van der Waals surface area contributed by atoms with E-state index in [1.54, 1.807) is 11.1 Å². The third-order valence-corrected chi connectivity index (χ3v) is 5.44. The van der Waals surface area contributed by atoms with Crippen LogP contribution in [0.1, 0.15) is 29.3 Å². The first-order valence-corrected chi connectivity index (χ1v) is 9.00. The Labute approximate surface area is 151 Å². The van der Waals surface area contributed by atoms with E-state index >= 15 is 0 Å². The smallest absolute Gasteiger partial charge is 0.322 e. The van der Waals surface area contributed by atoms with Gasteiger partial charge in [0.05, 0.1) is 23.5 Å². The number of hydrogen-bond acceptors (Lipinski definition) is 5. The third kappa shape index (κ3) is 2.31. The van der Waals surface area contributed by atoms with Gasteiger partial charge in [-0.2, -0.15) is 10.4 Å². The zero-order valence-corrected chi connectivity index (χ0v) is 14.4. The Balaban J connectivity index is 1.32. The Morgan fingerprint density at radius 1 is 1.31 bits per heavy atom. The summed E-state index contributed by atoms with van der Waals surface area (Å²) in [6.45, 7) is 2.88. The van der Waals surface area contributed by atoms with Crippen LogP contribution < -0.4 is 15.1 Å². The molecule has 0 spiro atoms. The van der Waals surface area contributed by atoms with Crippen LogP contribution in [0.4, 0.5) is 16.3 Å². The van der Waals surface area contributed by atoms with Crippen LogP contribution in [-0.2, 0) is 12.8 Å². The summed E-state index contributed by atoms with van der Waals surface area (Å²) in [5, 5.41) is 16.7. The van der Waals surface area contributed by atoms with Gasteiger partial charge in [-0.1, -0.05) is 0 Å². The van der Waals surface area contributed by atoms with Crippen LogP contribution in [-0.4, -0.2) is 47.0 Å². The van der Waals surface area contributed by atoms with Crippen LogP contribution in [0, 0.1) is 11.3 Å². The number of anilines is 2. The average Bonchev–Trinajstić information content (AvgIpc) is 3.32. The minimum Gasteiger partial charge on any atom is -0.351 e. The maximum Gasteiger partial charge on any atom is 0.322 e. The lowest BCUT2D eigenvalue weighted by Crippen LogP contribution is -2.48. The SMILES string of the molecule is N#Cc1cc2c(nc1N1CC(n3cc(N4CCNC4=O)cn3)C1)CCC2. The first-order chi connectivity index (χ1) is 12.7. The number of pyridine rings is 1. The third-order valence-electron chi connectivity index (χ3n) is 5.44. The van der Waals surface area contributed by atoms with Gasteiger partial charge in [-0.05, 0) is 30.9 Å². The van der Waals surface area contributed by atoms with Gasteiger partial charge in [0.1, 0.15) is 11.9 Å². The maximum atomic E-state index is 11.8. The van der Waals surface area contributed by atoms with Crippen molar-refractivity contribution in [3.8, 4) is 6.07 Å². The Morgan fingerprint density at radius 3 is 2.96 bits per heavy atom. The zero-order chi connectivity index (χ0) is 17.7. The monoisotopic (exact) mass is 349 g/mol. The van der Waals surface area contributed by atoms with E-state index in [1.807, 2.05) is 16.9 Å². The highest BCUT2D eigenvalue weighted by molar-refractivity contribution is 5.93. The molecule has 26 heavy (non-hydrogen) atoms. The summed E-state index contributed by atoms with van der Waals surface area (Å²) in [6, 6.07) is 4.47. The van der Waals surface area contributed by atoms with Crippen molar-refractivity contribution in [2.75, 3.05) is 36.0 Å². The van der Waals surface area contributed by atoms with Crippen LogP contribution in [0.25, 0.3) is 0 Å². The molecule has 4 heterocycles. The number of fused-ring (bicyclic) bond motifs is 1. The molecule has 2 aromatic rings. The number of carbonyl (C=O) groups excluding carboxylic acids is 1. The van der Waals surface area contributed by atoms with Crippen molar-refractivity contribution >= 4 is 17.5 Å². The van der Waals surface area contributed by atoms with Crippen LogP contribution >= 0.6 is 0 Å². The highest BCUT2D eigenvalue weighted by Crippen LogP contribution is 2.32. The van der Waals surface area contributed by atoms with Gasteiger partial charge in [0, 0.05) is 38.1 Å². The average molecular weight is 349 g/mol. The molecule has 1 N–H and O–H groups in total. The summed E-state index contributed by atoms with van der Waals surface area (Å²) in [5.41, 5.74) is 3.86. The first-order valence-electron chi connectivity index (χ1n) is 9.00. The molecule has 1 aliphatic carbocycles. The van der Waals surface area contributed by atoms with Crippen LogP contribution in [0.3, 0.4) is 0 Å². The maximum absolute atomic E-state index is 11.8. The van der Waals surface area contributed by atoms with Crippen molar-refractivity contribution in [2.24, 2.45) is 0 Å². The lowest BCUT2D eigenvalue weighted by molar-refractivity contribution is 0.252. The number of aromatic nitrogens is 3. The van der Waals surface area contributed by atoms with Gasteiger partial charge in [0.2, 0.25) is 0 Å². The molecule has 5 rings (SSSR count). The van der Waals surface area contributed by atoms with E-state index in [0.29, 0.717) is 18.7 Å². The van der Waals surface area contributed by atoms with E-state index < -0.39 is 0 Å². The summed E-state index contributed by atoms with van der Waals surface area (Å²) in [7, 11) is 0. The normalized spacial score (nSPS) is 19.3. The van der Waals surface area contributed by atoms with Gasteiger partial charge in [-0.15, -0.1) is 0 Å². The van der Waals surface area contributed by atoms with Gasteiger partial charge >= 0.3 is 6.03 Å². The molecule has 0 bridgehead atoms. The number of hydrogen-bond donors (Lipinski definition) is 1. The number of urea groups is 1. The van der Waals surface area contributed by atoms with Crippen molar-refractivity contribution < 1.29 is 4.79 Å². The highest BCUT2D eigenvalue weighted by atomic mass is 16.2. The van der Waals surface area contributed by atoms with Crippen molar-refractivity contribution in [1.82, 2.24) is 20.1 Å². The van der Waals surface area contributed by atoms with Gasteiger partial charge in [-0.25, -0.2) is 9.78 Å². The molecule has 0 radical (unpaired) electrons. The molecule has 0 unspecified atom stereocenters. The second kappa shape index (κ2) is 5.73. The fraction of sp³-hybridized carbons (Fsp3) is 0.444. The Bertz CT molecular complexity index is 922. The van der Waals surface area contributed by atoms with Crippen molar-refractivity contribution in [1.29, 1.82) is 5.26 Å². The lowest BCUT2D eigenvalue weighted by atomic mass is 10.1. The topological polar surface area (TPSA) is 90.1 Å². The standard InChI is InChI=1S/C18H19N7O/c19-7-13-6-12-2-1-3-16(12)22-17(13)23-9-15(10-23)25-11-14(8-21-25)24-5-4-20-18(24)26/h6,8,11,15H,1-5,9-10H2,(H,20,26). The molecule has 2 aliphatic heterocycles. The predicted octanol–water partition coefficient (Wildman–Crippen LogP) is 1.23. The van der Waals surface area contributed by atoms with E-state index in [2.05, 4.69) is 21.4 Å². The van der Waals surface area contributed by atoms with E-state index in [0.717, 1.165) is 49.6 Å². The van der Waals surface area contributed by atoms with Crippen molar-refractivity contribution in [2.45, 2.75) is 25.3 Å². The van der Waals surface area contributed by atoms with Gasteiger partial charge in [0.25, 0.3) is 0 Å². The van der Waals surface area contributed by atoms with Crippen molar-refractivity contribution in [3.05, 3.63) is 35.3 Å². The number of nitrogens with zero attached hydrogens (tertiary/aromatic N) is 6. The number of amides is 2. The molecule has 8 nitrogen and oxygen atoms in total. The number of aryl methyl sites for hydroxylation is 2. The molecule has 0 atom stereocenters. The number of rotatable bonds is 3. The largest absolute Gasteiger partial charge is 0.351 e.